The van der Waals surface area contributed by atoms with Crippen LogP contribution in [0.5, 0.6) is 40.2 Å². The van der Waals surface area contributed by atoms with Crippen molar-refractivity contribution in [3.8, 4) is 46.3 Å². The van der Waals surface area contributed by atoms with Crippen LogP contribution in [0.4, 0.5) is 0 Å². The minimum Gasteiger partial charge on any atom is -0.508 e. The zero-order chi connectivity index (χ0) is 54.9. The highest BCUT2D eigenvalue weighted by Crippen LogP contribution is 2.27. The van der Waals surface area contributed by atoms with Gasteiger partial charge in [0.05, 0.1) is 35.5 Å². The van der Waals surface area contributed by atoms with E-state index < -0.39 is 0 Å². The molecule has 0 saturated carbocycles. The van der Waals surface area contributed by atoms with Gasteiger partial charge >= 0.3 is 0 Å². The molecule has 0 unspecified atom stereocenters. The number of nitrogens with zero attached hydrogens (tertiary/aromatic N) is 3. The van der Waals surface area contributed by atoms with Gasteiger partial charge in [-0.1, -0.05) is 107 Å². The molecule has 1 aromatic heterocycles. The quantitative estimate of drug-likeness (QED) is 0.119. The summed E-state index contributed by atoms with van der Waals surface area (Å²) in [6.45, 7) is 26.2. The lowest BCUT2D eigenvalue weighted by atomic mass is 10.1. The number of allylic oxidation sites excluding steroid dienone is 2. The van der Waals surface area contributed by atoms with Gasteiger partial charge in [0.25, 0.3) is 0 Å². The number of hydrogen-bond acceptors (Lipinski definition) is 11. The van der Waals surface area contributed by atoms with E-state index >= 15 is 0 Å². The summed E-state index contributed by atoms with van der Waals surface area (Å²) < 4.78 is 25.5. The van der Waals surface area contributed by atoms with Gasteiger partial charge < -0.3 is 39.2 Å². The minimum atomic E-state index is 0. The van der Waals surface area contributed by atoms with Gasteiger partial charge in [-0.05, 0) is 187 Å². The third kappa shape index (κ3) is 28.9. The lowest BCUT2D eigenvalue weighted by molar-refractivity contribution is 0.354. The first kappa shape index (κ1) is 72.0. The highest BCUT2D eigenvalue weighted by Gasteiger charge is 2.02. The molecule has 1 heterocycles. The van der Waals surface area contributed by atoms with E-state index in [2.05, 4.69) is 79.0 Å². The number of hydrogen-bond donors (Lipinski definition) is 3. The van der Waals surface area contributed by atoms with Gasteiger partial charge in [-0.3, -0.25) is 0 Å². The van der Waals surface area contributed by atoms with Gasteiger partial charge in [0.2, 0.25) is 5.82 Å². The van der Waals surface area contributed by atoms with E-state index in [1.807, 2.05) is 128 Å². The number of rotatable bonds is 9. The monoisotopic (exact) mass is 1040 g/mol. The van der Waals surface area contributed by atoms with E-state index in [4.69, 9.17) is 34.1 Å². The number of aromatic nitrogens is 2. The minimum absolute atomic E-state index is 0. The molecular formula is C65H90N4O7. The van der Waals surface area contributed by atoms with Crippen LogP contribution in [0.25, 0.3) is 0 Å². The summed E-state index contributed by atoms with van der Waals surface area (Å²) in [6.07, 6.45) is 8.54. The molecule has 0 atom stereocenters. The lowest BCUT2D eigenvalue weighted by Crippen LogP contribution is -2.04. The van der Waals surface area contributed by atoms with Crippen molar-refractivity contribution < 1.29 is 33.9 Å². The summed E-state index contributed by atoms with van der Waals surface area (Å²) >= 11 is 0. The highest BCUT2D eigenvalue weighted by atomic mass is 16.5. The Morgan fingerprint density at radius 1 is 0.461 bits per heavy atom. The van der Waals surface area contributed by atoms with Gasteiger partial charge in [0.15, 0.2) is 11.5 Å². The molecule has 0 fully saturated rings. The fourth-order valence-corrected chi connectivity index (χ4v) is 6.06. The predicted molar refractivity (Wildman–Crippen MR) is 320 cm³/mol. The van der Waals surface area contributed by atoms with E-state index in [1.54, 1.807) is 72.4 Å². The Balaban J connectivity index is -0.000000816. The van der Waals surface area contributed by atoms with Crippen LogP contribution in [0.15, 0.2) is 147 Å². The maximum atomic E-state index is 9.51. The van der Waals surface area contributed by atoms with E-state index in [0.29, 0.717) is 18.0 Å². The van der Waals surface area contributed by atoms with Gasteiger partial charge in [0, 0.05) is 24.5 Å². The summed E-state index contributed by atoms with van der Waals surface area (Å²) in [5, 5.41) is 29.9. The Kier molecular flexibility index (Phi) is 38.1. The largest absolute Gasteiger partial charge is 0.508 e. The second-order valence-corrected chi connectivity index (χ2v) is 16.9. The third-order valence-electron chi connectivity index (χ3n) is 10.4. The predicted octanol–water partition coefficient (Wildman–Crippen LogP) is 16.0. The second kappa shape index (κ2) is 40.2. The number of methoxy groups -OCH3 is 5. The molecule has 6 aromatic carbocycles. The first-order chi connectivity index (χ1) is 34.7. The van der Waals surface area contributed by atoms with E-state index in [1.165, 1.54) is 38.9 Å². The van der Waals surface area contributed by atoms with E-state index in [-0.39, 0.29) is 28.1 Å². The number of phenols is 2. The van der Waals surface area contributed by atoms with Crippen molar-refractivity contribution in [3.63, 3.8) is 0 Å². The molecule has 0 saturated heterocycles. The highest BCUT2D eigenvalue weighted by molar-refractivity contribution is 5.43. The molecule has 11 nitrogen and oxygen atoms in total. The zero-order valence-electron chi connectivity index (χ0n) is 46.0. The first-order valence-corrected chi connectivity index (χ1v) is 23.5. The summed E-state index contributed by atoms with van der Waals surface area (Å²) in [4.78, 5) is 7.45. The number of nitriles is 1. The molecule has 0 spiro atoms. The van der Waals surface area contributed by atoms with Crippen LogP contribution in [0.1, 0.15) is 94.9 Å². The standard InChI is InChI=1S/C12H15NO.C9H12O2.3C9H12O.C8H10O.C6H5N3.3CH4/c1-3-4-7-13-9-11-8-10(2)5-6-12(11)14;1-7-4-5-8(10-2)9(6-7)11-3;3*1-7-4-5-8(2)9(6-7)10-3;1-6-3-4-7(2)8(9)5-6;1-5-3-8-6(2-7)9-4-5;;;/h3-8,13-14H,1,9H2,2H3;4-6H,1-3H3;3*4-6H,1-3H3;3-5,9H,1-2H3;3-4H,1H3;3*1H4. The number of phenolic OH excluding ortho intramolecular Hbond substituents is 2. The molecule has 0 bridgehead atoms. The molecule has 0 aliphatic carbocycles. The fourth-order valence-electron chi connectivity index (χ4n) is 6.06. The summed E-state index contributed by atoms with van der Waals surface area (Å²) in [6, 6.07) is 37.4. The molecule has 0 aliphatic rings. The molecule has 0 radical (unpaired) electrons. The molecule has 0 aliphatic heterocycles. The maximum Gasteiger partial charge on any atom is 0.232 e. The molecule has 7 aromatic rings. The van der Waals surface area contributed by atoms with Crippen molar-refractivity contribution in [1.82, 2.24) is 15.3 Å². The van der Waals surface area contributed by atoms with Crippen molar-refractivity contribution in [2.24, 2.45) is 0 Å². The van der Waals surface area contributed by atoms with Crippen LogP contribution in [-0.2, 0) is 6.54 Å². The molecule has 412 valence electrons. The van der Waals surface area contributed by atoms with Gasteiger partial charge in [-0.15, -0.1) is 0 Å². The molecule has 3 N–H and O–H groups in total. The summed E-state index contributed by atoms with van der Waals surface area (Å²) in [7, 11) is 8.36. The molecule has 7 rings (SSSR count). The van der Waals surface area contributed by atoms with Crippen LogP contribution in [0, 0.1) is 87.5 Å². The lowest BCUT2D eigenvalue weighted by Gasteiger charge is -2.06. The Morgan fingerprint density at radius 3 is 1.17 bits per heavy atom. The average Bonchev–Trinajstić information content (AvgIpc) is 3.38. The summed E-state index contributed by atoms with van der Waals surface area (Å²) in [5.41, 5.74) is 13.5. The van der Waals surface area contributed by atoms with Crippen LogP contribution in [-0.4, -0.2) is 55.7 Å². The summed E-state index contributed by atoms with van der Waals surface area (Å²) in [5.74, 6) is 5.41. The second-order valence-electron chi connectivity index (χ2n) is 16.9. The van der Waals surface area contributed by atoms with Crippen LogP contribution >= 0.6 is 0 Å². The molecule has 0 amide bonds. The van der Waals surface area contributed by atoms with E-state index in [0.717, 1.165) is 56.6 Å². The zero-order valence-corrected chi connectivity index (χ0v) is 46.0. The SMILES string of the molecule is C.C.C.C=CC=CNCc1cc(C)ccc1O.COc1cc(C)ccc1C.COc1cc(C)ccc1C.COc1cc(C)ccc1C.COc1ccc(C)cc1OC.Cc1ccc(C)c(O)c1.Cc1cnc(C#N)nc1. The number of aryl methyl sites for hydroxylation is 11. The van der Waals surface area contributed by atoms with E-state index in [9.17, 15) is 5.11 Å². The van der Waals surface area contributed by atoms with Gasteiger partial charge in [-0.2, -0.15) is 5.26 Å². The van der Waals surface area contributed by atoms with Gasteiger partial charge in [0.1, 0.15) is 34.8 Å². The smallest absolute Gasteiger partial charge is 0.232 e. The number of ether oxygens (including phenoxy) is 5. The third-order valence-corrected chi connectivity index (χ3v) is 10.4. The Hall–Kier alpha value is -8.23. The van der Waals surface area contributed by atoms with Crippen molar-refractivity contribution in [2.45, 2.75) is 105 Å². The van der Waals surface area contributed by atoms with Crippen molar-refractivity contribution in [2.75, 3.05) is 35.5 Å². The van der Waals surface area contributed by atoms with Crippen LogP contribution in [0.3, 0.4) is 0 Å². The van der Waals surface area contributed by atoms with Crippen molar-refractivity contribution >= 4 is 0 Å². The number of aromatic hydroxyl groups is 2. The normalized spacial score (nSPS) is 9.14. The van der Waals surface area contributed by atoms with Crippen LogP contribution in [0.2, 0.25) is 0 Å². The topological polar surface area (TPSA) is 148 Å². The molecule has 76 heavy (non-hydrogen) atoms. The molecular weight excluding hydrogens is 949 g/mol. The Morgan fingerprint density at radius 2 is 0.816 bits per heavy atom. The van der Waals surface area contributed by atoms with Crippen LogP contribution < -0.4 is 29.0 Å². The fraction of sp³-hybridized carbons (Fsp3) is 0.308. The first-order valence-electron chi connectivity index (χ1n) is 23.5. The average molecular weight is 1040 g/mol. The maximum absolute atomic E-state index is 9.51. The Bertz CT molecular complexity index is 2680. The number of benzene rings is 6. The Labute approximate surface area is 458 Å². The van der Waals surface area contributed by atoms with Gasteiger partial charge in [-0.25, -0.2) is 9.97 Å². The molecule has 11 heteroatoms. The number of nitrogens with one attached hydrogen (secondary N) is 1. The van der Waals surface area contributed by atoms with Crippen molar-refractivity contribution in [3.05, 3.63) is 219 Å². The van der Waals surface area contributed by atoms with Crippen molar-refractivity contribution in [1.29, 1.82) is 5.26 Å².